The minimum Gasteiger partial charge on any atom is -0.480 e. The van der Waals surface area contributed by atoms with Crippen molar-refractivity contribution < 1.29 is 18.3 Å². The lowest BCUT2D eigenvalue weighted by molar-refractivity contribution is -0.118. The summed E-state index contributed by atoms with van der Waals surface area (Å²) in [5.74, 6) is -0.706. The van der Waals surface area contributed by atoms with Crippen molar-refractivity contribution in [2.24, 2.45) is 0 Å². The van der Waals surface area contributed by atoms with Crippen LogP contribution in [0.3, 0.4) is 0 Å². The number of aromatic nitrogens is 3. The van der Waals surface area contributed by atoms with Gasteiger partial charge in [-0.25, -0.2) is 18.7 Å². The molecule has 1 aromatic carbocycles. The smallest absolute Gasteiger partial charge is 0.269 e. The van der Waals surface area contributed by atoms with Crippen molar-refractivity contribution >= 4 is 22.8 Å². The molecule has 0 saturated carbocycles. The number of hydrogen-bond acceptors (Lipinski definition) is 7. The van der Waals surface area contributed by atoms with Crippen LogP contribution in [0, 0.1) is 11.6 Å². The van der Waals surface area contributed by atoms with Crippen LogP contribution in [-0.2, 0) is 17.9 Å². The number of anilines is 1. The van der Waals surface area contributed by atoms with Crippen molar-refractivity contribution in [1.82, 2.24) is 24.8 Å². The maximum Gasteiger partial charge on any atom is 0.269 e. The lowest BCUT2D eigenvalue weighted by Crippen LogP contribution is -2.43. The maximum absolute atomic E-state index is 14.0. The van der Waals surface area contributed by atoms with E-state index in [-0.39, 0.29) is 29.1 Å². The summed E-state index contributed by atoms with van der Waals surface area (Å²) in [5.41, 5.74) is 0.593. The van der Waals surface area contributed by atoms with Crippen molar-refractivity contribution in [2.75, 3.05) is 31.6 Å². The SMILES string of the molecule is O=C1COc2ccc(CNC3CCN(CCn4c(=O)cnc5c(F)cc(F)cc54)CC3)nc2N1. The number of piperidine rings is 1. The van der Waals surface area contributed by atoms with Crippen LogP contribution in [0.2, 0.25) is 0 Å². The van der Waals surface area contributed by atoms with E-state index in [0.717, 1.165) is 50.0 Å². The van der Waals surface area contributed by atoms with Crippen LogP contribution in [-0.4, -0.2) is 57.6 Å². The lowest BCUT2D eigenvalue weighted by Gasteiger charge is -2.32. The molecule has 34 heavy (non-hydrogen) atoms. The van der Waals surface area contributed by atoms with E-state index in [1.807, 2.05) is 12.1 Å². The Bertz CT molecular complexity index is 1290. The fraction of sp³-hybridized carbons (Fsp3) is 0.391. The molecule has 0 unspecified atom stereocenters. The number of rotatable bonds is 6. The van der Waals surface area contributed by atoms with Gasteiger partial charge in [0.15, 0.2) is 24.0 Å². The van der Waals surface area contributed by atoms with Crippen LogP contribution >= 0.6 is 0 Å². The zero-order valence-corrected chi connectivity index (χ0v) is 18.4. The van der Waals surface area contributed by atoms with Crippen LogP contribution in [0.25, 0.3) is 11.0 Å². The molecule has 1 saturated heterocycles. The summed E-state index contributed by atoms with van der Waals surface area (Å²) in [6.45, 7) is 3.16. The second-order valence-corrected chi connectivity index (χ2v) is 8.49. The topological polar surface area (TPSA) is 101 Å². The number of nitrogens with zero attached hydrogens (tertiary/aromatic N) is 4. The highest BCUT2D eigenvalue weighted by Gasteiger charge is 2.21. The maximum atomic E-state index is 14.0. The van der Waals surface area contributed by atoms with E-state index in [2.05, 4.69) is 25.5 Å². The molecule has 4 heterocycles. The summed E-state index contributed by atoms with van der Waals surface area (Å²) in [6.07, 6.45) is 2.91. The van der Waals surface area contributed by atoms with Crippen LogP contribution in [0.5, 0.6) is 5.75 Å². The number of halogens is 2. The number of nitrogens with one attached hydrogen (secondary N) is 2. The third-order valence-corrected chi connectivity index (χ3v) is 6.20. The number of fused-ring (bicyclic) bond motifs is 2. The minimum absolute atomic E-state index is 0.00461. The zero-order chi connectivity index (χ0) is 23.7. The molecular weight excluding hydrogens is 446 g/mol. The number of amides is 1. The Morgan fingerprint density at radius 2 is 1.97 bits per heavy atom. The number of carbonyl (C=O) groups is 1. The van der Waals surface area contributed by atoms with Crippen molar-refractivity contribution in [3.63, 3.8) is 0 Å². The van der Waals surface area contributed by atoms with E-state index in [4.69, 9.17) is 4.74 Å². The molecule has 0 bridgehead atoms. The summed E-state index contributed by atoms with van der Waals surface area (Å²) < 4.78 is 34.5. The van der Waals surface area contributed by atoms with Gasteiger partial charge in [0.05, 0.1) is 17.4 Å². The second-order valence-electron chi connectivity index (χ2n) is 8.49. The molecule has 0 spiro atoms. The summed E-state index contributed by atoms with van der Waals surface area (Å²) in [4.78, 5) is 34.3. The van der Waals surface area contributed by atoms with E-state index >= 15 is 0 Å². The van der Waals surface area contributed by atoms with Gasteiger partial charge in [0.2, 0.25) is 0 Å². The molecule has 5 rings (SSSR count). The molecule has 3 aromatic rings. The van der Waals surface area contributed by atoms with Gasteiger partial charge in [-0.3, -0.25) is 9.59 Å². The van der Waals surface area contributed by atoms with E-state index in [0.29, 0.717) is 37.2 Å². The van der Waals surface area contributed by atoms with Crippen LogP contribution in [0.15, 0.2) is 35.3 Å². The number of hydrogen-bond donors (Lipinski definition) is 2. The number of carbonyl (C=O) groups excluding carboxylic acids is 1. The predicted molar refractivity (Wildman–Crippen MR) is 121 cm³/mol. The van der Waals surface area contributed by atoms with Gasteiger partial charge in [0.1, 0.15) is 11.3 Å². The van der Waals surface area contributed by atoms with Crippen LogP contribution in [0.4, 0.5) is 14.6 Å². The monoisotopic (exact) mass is 470 g/mol. The molecule has 2 N–H and O–H groups in total. The lowest BCUT2D eigenvalue weighted by atomic mass is 10.0. The van der Waals surface area contributed by atoms with E-state index < -0.39 is 11.6 Å². The third-order valence-electron chi connectivity index (χ3n) is 6.20. The largest absolute Gasteiger partial charge is 0.480 e. The predicted octanol–water partition coefficient (Wildman–Crippen LogP) is 1.65. The van der Waals surface area contributed by atoms with Crippen molar-refractivity contribution in [3.05, 3.63) is 58.1 Å². The highest BCUT2D eigenvalue weighted by atomic mass is 19.1. The molecule has 11 heteroatoms. The minimum atomic E-state index is -0.779. The standard InChI is InChI=1S/C23H24F2N6O3/c24-14-9-17(25)22-18(10-14)31(21(33)12-27-22)8-7-30-5-3-15(4-6-30)26-11-16-1-2-19-23(28-16)29-20(32)13-34-19/h1-2,9-10,12,15,26H,3-8,11,13H2,(H,28,29,32). The van der Waals surface area contributed by atoms with Crippen LogP contribution in [0.1, 0.15) is 18.5 Å². The summed E-state index contributed by atoms with van der Waals surface area (Å²) in [6, 6.07) is 5.92. The molecule has 1 fully saturated rings. The molecular formula is C23H24F2N6O3. The normalized spacial score (nSPS) is 16.8. The van der Waals surface area contributed by atoms with E-state index in [9.17, 15) is 18.4 Å². The van der Waals surface area contributed by atoms with Gasteiger partial charge >= 0.3 is 0 Å². The van der Waals surface area contributed by atoms with E-state index in [1.165, 1.54) is 4.57 Å². The first-order valence-corrected chi connectivity index (χ1v) is 11.2. The number of ether oxygens (including phenoxy) is 1. The van der Waals surface area contributed by atoms with Gasteiger partial charge in [-0.1, -0.05) is 0 Å². The fourth-order valence-corrected chi connectivity index (χ4v) is 4.38. The number of pyridine rings is 1. The molecule has 2 aromatic heterocycles. The molecule has 9 nitrogen and oxygen atoms in total. The average Bonchev–Trinajstić information content (AvgIpc) is 2.82. The molecule has 0 atom stereocenters. The van der Waals surface area contributed by atoms with Gasteiger partial charge in [0, 0.05) is 37.8 Å². The summed E-state index contributed by atoms with van der Waals surface area (Å²) >= 11 is 0. The molecule has 0 radical (unpaired) electrons. The molecule has 178 valence electrons. The first kappa shape index (κ1) is 22.4. The quantitative estimate of drug-likeness (QED) is 0.565. The Kier molecular flexibility index (Phi) is 6.20. The third kappa shape index (κ3) is 4.75. The highest BCUT2D eigenvalue weighted by Crippen LogP contribution is 2.25. The summed E-state index contributed by atoms with van der Waals surface area (Å²) in [7, 11) is 0. The zero-order valence-electron chi connectivity index (χ0n) is 18.4. The van der Waals surface area contributed by atoms with Gasteiger partial charge < -0.3 is 24.8 Å². The van der Waals surface area contributed by atoms with Gasteiger partial charge in [-0.15, -0.1) is 0 Å². The van der Waals surface area contributed by atoms with Crippen molar-refractivity contribution in [1.29, 1.82) is 0 Å². The second kappa shape index (κ2) is 9.43. The highest BCUT2D eigenvalue weighted by molar-refractivity contribution is 5.94. The van der Waals surface area contributed by atoms with Gasteiger partial charge in [-0.05, 0) is 38.1 Å². The number of likely N-dealkylation sites (tertiary alicyclic amines) is 1. The van der Waals surface area contributed by atoms with E-state index in [1.54, 1.807) is 0 Å². The van der Waals surface area contributed by atoms with Gasteiger partial charge in [-0.2, -0.15) is 0 Å². The Morgan fingerprint density at radius 3 is 2.79 bits per heavy atom. The Morgan fingerprint density at radius 1 is 1.15 bits per heavy atom. The Labute approximate surface area is 193 Å². The summed E-state index contributed by atoms with van der Waals surface area (Å²) in [5, 5.41) is 6.22. The first-order valence-electron chi connectivity index (χ1n) is 11.2. The first-order chi connectivity index (χ1) is 16.5. The Hall–Kier alpha value is -3.44. The molecule has 0 aliphatic carbocycles. The van der Waals surface area contributed by atoms with Crippen molar-refractivity contribution in [2.45, 2.75) is 32.0 Å². The number of benzene rings is 1. The Balaban J connectivity index is 1.14. The molecule has 2 aliphatic rings. The van der Waals surface area contributed by atoms with Crippen molar-refractivity contribution in [3.8, 4) is 5.75 Å². The molecule has 2 aliphatic heterocycles. The van der Waals surface area contributed by atoms with Gasteiger partial charge in [0.25, 0.3) is 11.5 Å². The molecule has 1 amide bonds. The fourth-order valence-electron chi connectivity index (χ4n) is 4.38. The van der Waals surface area contributed by atoms with Crippen LogP contribution < -0.4 is 20.9 Å². The average molecular weight is 470 g/mol.